The third-order valence-electron chi connectivity index (χ3n) is 5.56. The molecule has 0 N–H and O–H groups in total. The quantitative estimate of drug-likeness (QED) is 0.385. The van der Waals surface area contributed by atoms with E-state index in [0.717, 1.165) is 0 Å². The second kappa shape index (κ2) is 21.0. The minimum Gasteiger partial charge on any atom is -0.377 e. The van der Waals surface area contributed by atoms with Crippen molar-refractivity contribution in [2.45, 2.75) is 0 Å². The highest BCUT2D eigenvalue weighted by atomic mass is 32.2. The van der Waals surface area contributed by atoms with Crippen molar-refractivity contribution in [2.75, 3.05) is 132 Å². The smallest absolute Gasteiger partial charge is 0.0789 e. The van der Waals surface area contributed by atoms with E-state index in [1.54, 1.807) is 47.0 Å². The average Bonchev–Trinajstić information content (AvgIpc) is 3.56. The Morgan fingerprint density at radius 1 is 0.250 bits per heavy atom. The topological polar surface area (TPSA) is 92.3 Å². The Morgan fingerprint density at radius 3 is 0.625 bits per heavy atom. The first-order valence-corrected chi connectivity index (χ1v) is 16.8. The molecule has 0 saturated heterocycles. The highest BCUT2D eigenvalue weighted by Crippen LogP contribution is 2.59. The van der Waals surface area contributed by atoms with E-state index >= 15 is 0 Å². The van der Waals surface area contributed by atoms with Crippen molar-refractivity contribution in [3.63, 3.8) is 0 Å². The Bertz CT molecular complexity index is 712. The molecule has 0 aromatic carbocycles. The first kappa shape index (κ1) is 33.1. The maximum Gasteiger partial charge on any atom is 0.0789 e. The molecule has 0 fully saturated rings. The van der Waals surface area contributed by atoms with Crippen LogP contribution in [0.4, 0.5) is 0 Å². The molecule has 0 spiro atoms. The Hall–Kier alpha value is 0.220. The largest absolute Gasteiger partial charge is 0.377 e. The SMILES string of the molecule is C1COCCOCC2=C(COCCOCCO1)SC(=C1SC3=C(COCCOCCOCCOCCOC3)S1)S2. The molecule has 0 bridgehead atoms. The normalized spacial score (nSPS) is 25.8. The molecule has 14 heteroatoms. The standard InChI is InChI=1S/C26H40O10S4/c1-5-29-9-13-33-17-21-22(18-34-14-10-30-6-2-27-1)38-25(37-21)26-39-23-19-35-15-11-31-7-3-28-4-8-32-12-16-36-20-24(23)40-26/h1-20H2. The highest BCUT2D eigenvalue weighted by molar-refractivity contribution is 8.34. The van der Waals surface area contributed by atoms with Gasteiger partial charge in [0.2, 0.25) is 0 Å². The van der Waals surface area contributed by atoms with Crippen molar-refractivity contribution in [1.82, 2.24) is 0 Å². The number of hydrogen-bond donors (Lipinski definition) is 0. The fourth-order valence-corrected chi connectivity index (χ4v) is 9.07. The predicted octanol–water partition coefficient (Wildman–Crippen LogP) is 3.69. The summed E-state index contributed by atoms with van der Waals surface area (Å²) in [4.78, 5) is 4.74. The molecule has 0 atom stereocenters. The van der Waals surface area contributed by atoms with Gasteiger partial charge in [-0.2, -0.15) is 0 Å². The van der Waals surface area contributed by atoms with E-state index in [0.29, 0.717) is 132 Å². The predicted molar refractivity (Wildman–Crippen MR) is 160 cm³/mol. The zero-order valence-electron chi connectivity index (χ0n) is 22.9. The molecule has 0 saturated carbocycles. The lowest BCUT2D eigenvalue weighted by atomic mass is 10.5. The van der Waals surface area contributed by atoms with Gasteiger partial charge in [-0.15, -0.1) is 0 Å². The van der Waals surface area contributed by atoms with Crippen LogP contribution in [0.15, 0.2) is 28.1 Å². The summed E-state index contributed by atoms with van der Waals surface area (Å²) in [6, 6.07) is 0. The molecule has 40 heavy (non-hydrogen) atoms. The van der Waals surface area contributed by atoms with Crippen LogP contribution in [0.1, 0.15) is 0 Å². The van der Waals surface area contributed by atoms with Crippen molar-refractivity contribution >= 4 is 47.0 Å². The summed E-state index contributed by atoms with van der Waals surface area (Å²) in [5.41, 5.74) is 0. The van der Waals surface area contributed by atoms with E-state index in [2.05, 4.69) is 0 Å². The van der Waals surface area contributed by atoms with Gasteiger partial charge < -0.3 is 47.4 Å². The molecule has 228 valence electrons. The summed E-state index contributed by atoms with van der Waals surface area (Å²) in [7, 11) is 0. The molecule has 0 aromatic rings. The Morgan fingerprint density at radius 2 is 0.425 bits per heavy atom. The van der Waals surface area contributed by atoms with E-state index in [4.69, 9.17) is 47.4 Å². The lowest BCUT2D eigenvalue weighted by Gasteiger charge is -2.08. The van der Waals surface area contributed by atoms with Crippen molar-refractivity contribution < 1.29 is 47.4 Å². The van der Waals surface area contributed by atoms with Crippen LogP contribution in [0.3, 0.4) is 0 Å². The molecule has 0 unspecified atom stereocenters. The van der Waals surface area contributed by atoms with E-state index in [1.807, 2.05) is 0 Å². The summed E-state index contributed by atoms with van der Waals surface area (Å²) in [5.74, 6) is 0. The van der Waals surface area contributed by atoms with Crippen molar-refractivity contribution in [3.8, 4) is 0 Å². The molecule has 4 rings (SSSR count). The van der Waals surface area contributed by atoms with Crippen LogP contribution in [0.5, 0.6) is 0 Å². The van der Waals surface area contributed by atoms with Crippen molar-refractivity contribution in [3.05, 3.63) is 28.1 Å². The van der Waals surface area contributed by atoms with Crippen molar-refractivity contribution in [2.24, 2.45) is 0 Å². The second-order valence-corrected chi connectivity index (χ2v) is 13.5. The molecule has 0 amide bonds. The average molecular weight is 641 g/mol. The molecular weight excluding hydrogens is 601 g/mol. The molecule has 4 heterocycles. The Kier molecular flexibility index (Phi) is 17.4. The molecule has 10 nitrogen and oxygen atoms in total. The van der Waals surface area contributed by atoms with Crippen LogP contribution in [0.25, 0.3) is 0 Å². The fourth-order valence-electron chi connectivity index (χ4n) is 3.54. The third kappa shape index (κ3) is 12.8. The maximum absolute atomic E-state index is 5.95. The van der Waals surface area contributed by atoms with E-state index in [-0.39, 0.29) is 0 Å². The summed E-state index contributed by atoms with van der Waals surface area (Å²) >= 11 is 7.08. The zero-order chi connectivity index (χ0) is 27.5. The zero-order valence-corrected chi connectivity index (χ0v) is 26.1. The van der Waals surface area contributed by atoms with Crippen LogP contribution >= 0.6 is 47.0 Å². The van der Waals surface area contributed by atoms with Gasteiger partial charge in [0, 0.05) is 19.6 Å². The monoisotopic (exact) mass is 640 g/mol. The summed E-state index contributed by atoms with van der Waals surface area (Å²) in [6.07, 6.45) is 0. The molecule has 0 radical (unpaired) electrons. The van der Waals surface area contributed by atoms with Crippen LogP contribution in [0, 0.1) is 0 Å². The van der Waals surface area contributed by atoms with Gasteiger partial charge in [0.15, 0.2) is 0 Å². The van der Waals surface area contributed by atoms with E-state index in [9.17, 15) is 0 Å². The Labute approximate surface area is 253 Å². The van der Waals surface area contributed by atoms with Crippen LogP contribution < -0.4 is 0 Å². The van der Waals surface area contributed by atoms with Gasteiger partial charge >= 0.3 is 0 Å². The van der Waals surface area contributed by atoms with Gasteiger partial charge in [0.25, 0.3) is 0 Å². The van der Waals surface area contributed by atoms with Gasteiger partial charge in [0.05, 0.1) is 141 Å². The van der Waals surface area contributed by atoms with Gasteiger partial charge in [-0.05, 0) is 0 Å². The third-order valence-corrected chi connectivity index (χ3v) is 11.3. The summed E-state index contributed by atoms with van der Waals surface area (Å²) < 4.78 is 59.7. The van der Waals surface area contributed by atoms with Crippen LogP contribution in [-0.4, -0.2) is 132 Å². The minimum absolute atomic E-state index is 0.531. The maximum atomic E-state index is 5.95. The van der Waals surface area contributed by atoms with Crippen molar-refractivity contribution in [1.29, 1.82) is 0 Å². The molecule has 4 aliphatic rings. The molecular formula is C26H40O10S4. The number of hydrogen-bond acceptors (Lipinski definition) is 14. The number of ether oxygens (including phenoxy) is 10. The fraction of sp³-hybridized carbons (Fsp3) is 0.769. The van der Waals surface area contributed by atoms with Gasteiger partial charge in [-0.3, -0.25) is 0 Å². The lowest BCUT2D eigenvalue weighted by molar-refractivity contribution is -0.00678. The molecule has 4 aliphatic heterocycles. The summed E-state index contributed by atoms with van der Waals surface area (Å²) in [5, 5.41) is 0. The number of thioether (sulfide) groups is 4. The first-order valence-electron chi connectivity index (χ1n) is 13.6. The minimum atomic E-state index is 0.531. The summed E-state index contributed by atoms with van der Waals surface area (Å²) in [6.45, 7) is 10.8. The first-order chi connectivity index (χ1) is 19.9. The molecule has 0 aromatic heterocycles. The van der Waals surface area contributed by atoms with Gasteiger partial charge in [-0.25, -0.2) is 0 Å². The van der Waals surface area contributed by atoms with Gasteiger partial charge in [0.1, 0.15) is 0 Å². The molecule has 0 aliphatic carbocycles. The van der Waals surface area contributed by atoms with Crippen LogP contribution in [0.2, 0.25) is 0 Å². The Balaban J connectivity index is 1.33. The lowest BCUT2D eigenvalue weighted by Crippen LogP contribution is -2.13. The number of rotatable bonds is 0. The van der Waals surface area contributed by atoms with Gasteiger partial charge in [-0.1, -0.05) is 47.0 Å². The second-order valence-electron chi connectivity index (χ2n) is 8.56. The van der Waals surface area contributed by atoms with Crippen LogP contribution in [-0.2, 0) is 47.4 Å². The highest BCUT2D eigenvalue weighted by Gasteiger charge is 2.30. The van der Waals surface area contributed by atoms with E-state index in [1.165, 1.54) is 28.1 Å². The van der Waals surface area contributed by atoms with E-state index < -0.39 is 0 Å².